The smallest absolute Gasteiger partial charge is 0.276 e. The largest absolute Gasteiger partial charge is 0.348 e. The number of hydrogen-bond acceptors (Lipinski definition) is 5. The molecule has 0 saturated carbocycles. The molecular formula is C23H19F2N5O2. The Balaban J connectivity index is 1.30. The van der Waals surface area contributed by atoms with E-state index in [0.29, 0.717) is 43.5 Å². The van der Waals surface area contributed by atoms with Crippen LogP contribution in [0.25, 0.3) is 0 Å². The van der Waals surface area contributed by atoms with E-state index in [2.05, 4.69) is 20.4 Å². The Morgan fingerprint density at radius 3 is 2.59 bits per heavy atom. The van der Waals surface area contributed by atoms with Crippen LogP contribution in [0.2, 0.25) is 0 Å². The van der Waals surface area contributed by atoms with Crippen molar-refractivity contribution in [2.75, 3.05) is 29.9 Å². The number of piperazine rings is 1. The minimum Gasteiger partial charge on any atom is -0.348 e. The number of halogens is 2. The number of hydrogen-bond donors (Lipinski definition) is 1. The Morgan fingerprint density at radius 2 is 1.81 bits per heavy atom. The molecule has 0 aliphatic carbocycles. The summed E-state index contributed by atoms with van der Waals surface area (Å²) in [5.41, 5.74) is 1.42. The molecule has 3 heterocycles. The molecular weight excluding hydrogens is 416 g/mol. The van der Waals surface area contributed by atoms with Crippen LogP contribution in [0.5, 0.6) is 0 Å². The Morgan fingerprint density at radius 1 is 1.00 bits per heavy atom. The summed E-state index contributed by atoms with van der Waals surface area (Å²) in [6, 6.07) is 13.8. The van der Waals surface area contributed by atoms with E-state index in [4.69, 9.17) is 0 Å². The lowest BCUT2D eigenvalue weighted by Gasteiger charge is -2.38. The van der Waals surface area contributed by atoms with Crippen LogP contribution in [0, 0.1) is 11.6 Å². The highest BCUT2D eigenvalue weighted by Gasteiger charge is 2.37. The number of nitrogens with one attached hydrogen (secondary N) is 1. The highest BCUT2D eigenvalue weighted by atomic mass is 19.1. The van der Waals surface area contributed by atoms with Gasteiger partial charge >= 0.3 is 0 Å². The lowest BCUT2D eigenvalue weighted by molar-refractivity contribution is 0.0724. The summed E-state index contributed by atoms with van der Waals surface area (Å²) in [4.78, 5) is 29.3. The van der Waals surface area contributed by atoms with Crippen LogP contribution in [0.4, 0.5) is 20.3 Å². The van der Waals surface area contributed by atoms with E-state index >= 15 is 0 Å². The molecule has 9 heteroatoms. The fourth-order valence-electron chi connectivity index (χ4n) is 4.21. The topological polar surface area (TPSA) is 78.4 Å². The lowest BCUT2D eigenvalue weighted by atomic mass is 10.1. The number of carbonyl (C=O) groups excluding carboxylic acids is 2. The minimum absolute atomic E-state index is 0.00585. The molecule has 7 nitrogen and oxygen atoms in total. The van der Waals surface area contributed by atoms with Crippen LogP contribution in [0.1, 0.15) is 26.4 Å². The zero-order valence-electron chi connectivity index (χ0n) is 17.0. The summed E-state index contributed by atoms with van der Waals surface area (Å²) >= 11 is 0. The molecule has 5 rings (SSSR count). The van der Waals surface area contributed by atoms with Gasteiger partial charge in [-0.3, -0.25) is 9.59 Å². The second-order valence-corrected chi connectivity index (χ2v) is 7.83. The van der Waals surface area contributed by atoms with E-state index in [1.165, 1.54) is 0 Å². The van der Waals surface area contributed by atoms with Gasteiger partial charge in [-0.25, -0.2) is 8.78 Å². The second-order valence-electron chi connectivity index (χ2n) is 7.83. The molecule has 162 valence electrons. The summed E-state index contributed by atoms with van der Waals surface area (Å²) in [6.45, 7) is 1.74. The summed E-state index contributed by atoms with van der Waals surface area (Å²) in [7, 11) is 0. The maximum Gasteiger partial charge on any atom is 0.276 e. The molecule has 0 radical (unpaired) electrons. The summed E-state index contributed by atoms with van der Waals surface area (Å²) in [5, 5.41) is 10.6. The van der Waals surface area contributed by atoms with Gasteiger partial charge in [0, 0.05) is 36.8 Å². The van der Waals surface area contributed by atoms with Crippen molar-refractivity contribution in [2.45, 2.75) is 12.5 Å². The quantitative estimate of drug-likeness (QED) is 0.685. The second kappa shape index (κ2) is 7.99. The molecule has 0 spiro atoms. The van der Waals surface area contributed by atoms with E-state index in [1.54, 1.807) is 18.2 Å². The SMILES string of the molecule is O=C(Nc1ccc(F)cc1F)c1cc2c(nn1)N1CCN(C(=O)c3ccccc3)CC1C2. The highest BCUT2D eigenvalue weighted by molar-refractivity contribution is 6.03. The van der Waals surface area contributed by atoms with E-state index in [9.17, 15) is 18.4 Å². The van der Waals surface area contributed by atoms with Crippen molar-refractivity contribution in [1.29, 1.82) is 0 Å². The first kappa shape index (κ1) is 20.0. The van der Waals surface area contributed by atoms with Gasteiger partial charge in [0.05, 0.1) is 11.7 Å². The number of nitrogens with zero attached hydrogens (tertiary/aromatic N) is 4. The zero-order valence-corrected chi connectivity index (χ0v) is 17.0. The van der Waals surface area contributed by atoms with Gasteiger partial charge < -0.3 is 15.1 Å². The van der Waals surface area contributed by atoms with Crippen LogP contribution in [-0.4, -0.2) is 52.6 Å². The Labute approximate surface area is 182 Å². The number of rotatable bonds is 3. The molecule has 32 heavy (non-hydrogen) atoms. The first-order valence-corrected chi connectivity index (χ1v) is 10.2. The van der Waals surface area contributed by atoms with Crippen molar-refractivity contribution in [3.8, 4) is 0 Å². The first-order chi connectivity index (χ1) is 15.5. The number of benzene rings is 2. The lowest BCUT2D eigenvalue weighted by Crippen LogP contribution is -2.53. The number of fused-ring (bicyclic) bond motifs is 3. The molecule has 0 bridgehead atoms. The van der Waals surface area contributed by atoms with Gasteiger partial charge in [0.25, 0.3) is 11.8 Å². The van der Waals surface area contributed by atoms with Gasteiger partial charge in [-0.1, -0.05) is 18.2 Å². The van der Waals surface area contributed by atoms with Crippen molar-refractivity contribution < 1.29 is 18.4 Å². The molecule has 2 amide bonds. The molecule has 3 aromatic rings. The van der Waals surface area contributed by atoms with E-state index in [-0.39, 0.29) is 23.3 Å². The molecule has 1 saturated heterocycles. The normalized spacial score (nSPS) is 17.0. The van der Waals surface area contributed by atoms with Gasteiger partial charge in [0.1, 0.15) is 11.6 Å². The number of aromatic nitrogens is 2. The van der Waals surface area contributed by atoms with Gasteiger partial charge in [0.15, 0.2) is 11.5 Å². The molecule has 1 fully saturated rings. The van der Waals surface area contributed by atoms with Crippen LogP contribution in [0.15, 0.2) is 54.6 Å². The Bertz CT molecular complexity index is 1200. The van der Waals surface area contributed by atoms with Crippen LogP contribution in [-0.2, 0) is 6.42 Å². The fourth-order valence-corrected chi connectivity index (χ4v) is 4.21. The van der Waals surface area contributed by atoms with E-state index < -0.39 is 17.5 Å². The standard InChI is InChI=1S/C23H19F2N5O2/c24-16-6-7-19(18(25)12-16)26-22(31)20-11-15-10-17-13-29(8-9-30(17)21(15)28-27-20)23(32)14-4-2-1-3-5-14/h1-7,11-12,17H,8-10,13H2,(H,26,31). The van der Waals surface area contributed by atoms with Crippen LogP contribution >= 0.6 is 0 Å². The molecule has 2 aliphatic rings. The van der Waals surface area contributed by atoms with Gasteiger partial charge in [0.2, 0.25) is 0 Å². The van der Waals surface area contributed by atoms with Gasteiger partial charge in [-0.15, -0.1) is 10.2 Å². The molecule has 1 N–H and O–H groups in total. The molecule has 1 aromatic heterocycles. The zero-order chi connectivity index (χ0) is 22.2. The van der Waals surface area contributed by atoms with Gasteiger partial charge in [-0.05, 0) is 36.8 Å². The maximum atomic E-state index is 13.8. The molecule has 1 unspecified atom stereocenters. The first-order valence-electron chi connectivity index (χ1n) is 10.2. The Hall–Kier alpha value is -3.88. The third-order valence-electron chi connectivity index (χ3n) is 5.78. The molecule has 1 atom stereocenters. The van der Waals surface area contributed by atoms with E-state index in [0.717, 1.165) is 17.7 Å². The number of anilines is 2. The van der Waals surface area contributed by atoms with Crippen LogP contribution in [0.3, 0.4) is 0 Å². The molecule has 2 aromatic carbocycles. The van der Waals surface area contributed by atoms with Crippen molar-refractivity contribution >= 4 is 23.3 Å². The summed E-state index contributed by atoms with van der Waals surface area (Å²) < 4.78 is 26.9. The van der Waals surface area contributed by atoms with Crippen molar-refractivity contribution in [2.24, 2.45) is 0 Å². The maximum absolute atomic E-state index is 13.8. The monoisotopic (exact) mass is 435 g/mol. The van der Waals surface area contributed by atoms with Gasteiger partial charge in [-0.2, -0.15) is 0 Å². The average Bonchev–Trinajstić information content (AvgIpc) is 3.18. The Kier molecular flexibility index (Phi) is 5.01. The third kappa shape index (κ3) is 3.66. The summed E-state index contributed by atoms with van der Waals surface area (Å²) in [6.07, 6.45) is 0.620. The van der Waals surface area contributed by atoms with Crippen molar-refractivity contribution in [3.63, 3.8) is 0 Å². The van der Waals surface area contributed by atoms with E-state index in [1.807, 2.05) is 23.1 Å². The molecule has 2 aliphatic heterocycles. The minimum atomic E-state index is -0.868. The van der Waals surface area contributed by atoms with Crippen LogP contribution < -0.4 is 10.2 Å². The van der Waals surface area contributed by atoms with Crippen molar-refractivity contribution in [1.82, 2.24) is 15.1 Å². The third-order valence-corrected chi connectivity index (χ3v) is 5.78. The number of amides is 2. The average molecular weight is 435 g/mol. The highest BCUT2D eigenvalue weighted by Crippen LogP contribution is 2.32. The predicted octanol–water partition coefficient (Wildman–Crippen LogP) is 2.89. The van der Waals surface area contributed by atoms with Crippen molar-refractivity contribution in [3.05, 3.63) is 83.1 Å². The number of carbonyl (C=O) groups is 2. The predicted molar refractivity (Wildman–Crippen MR) is 114 cm³/mol. The summed E-state index contributed by atoms with van der Waals surface area (Å²) in [5.74, 6) is -1.53. The fraction of sp³-hybridized carbons (Fsp3) is 0.217.